The number of rotatable bonds is 3. The van der Waals surface area contributed by atoms with Crippen molar-refractivity contribution in [2.24, 2.45) is 0 Å². The standard InChI is InChI=1S/C11H13N5/c1-8-3-4-11(16-15-8)14-7-10-6-12-9(2)5-13-10/h3-6H,7H2,1-2H3,(H,14,16). The van der Waals surface area contributed by atoms with Crippen molar-refractivity contribution >= 4 is 5.82 Å². The van der Waals surface area contributed by atoms with Gasteiger partial charge in [0.1, 0.15) is 5.82 Å². The fourth-order valence-electron chi connectivity index (χ4n) is 1.18. The molecule has 0 aliphatic rings. The SMILES string of the molecule is Cc1cnc(CNc2ccc(C)nn2)cn1. The molecular weight excluding hydrogens is 202 g/mol. The van der Waals surface area contributed by atoms with Gasteiger partial charge in [-0.1, -0.05) is 0 Å². The van der Waals surface area contributed by atoms with Gasteiger partial charge in [0.2, 0.25) is 0 Å². The Balaban J connectivity index is 1.97. The van der Waals surface area contributed by atoms with Crippen LogP contribution in [0.5, 0.6) is 0 Å². The largest absolute Gasteiger partial charge is 0.363 e. The Bertz CT molecular complexity index is 403. The van der Waals surface area contributed by atoms with E-state index in [1.54, 1.807) is 12.4 Å². The summed E-state index contributed by atoms with van der Waals surface area (Å²) in [6, 6.07) is 3.81. The monoisotopic (exact) mass is 215 g/mol. The van der Waals surface area contributed by atoms with Gasteiger partial charge in [-0.05, 0) is 26.0 Å². The minimum atomic E-state index is 0.602. The first-order valence-corrected chi connectivity index (χ1v) is 5.06. The summed E-state index contributed by atoms with van der Waals surface area (Å²) in [5.41, 5.74) is 2.70. The lowest BCUT2D eigenvalue weighted by molar-refractivity contribution is 0.937. The van der Waals surface area contributed by atoms with Crippen LogP contribution < -0.4 is 5.32 Å². The highest BCUT2D eigenvalue weighted by Gasteiger charge is 1.97. The van der Waals surface area contributed by atoms with Crippen molar-refractivity contribution < 1.29 is 0 Å². The first-order valence-electron chi connectivity index (χ1n) is 5.06. The number of aromatic nitrogens is 4. The molecule has 0 radical (unpaired) electrons. The normalized spacial score (nSPS) is 10.1. The Morgan fingerprint density at radius 1 is 1.00 bits per heavy atom. The second-order valence-corrected chi connectivity index (χ2v) is 3.56. The molecule has 0 aliphatic carbocycles. The predicted octanol–water partition coefficient (Wildman–Crippen LogP) is 1.50. The van der Waals surface area contributed by atoms with Crippen LogP contribution >= 0.6 is 0 Å². The average molecular weight is 215 g/mol. The zero-order valence-electron chi connectivity index (χ0n) is 9.31. The molecule has 2 rings (SSSR count). The van der Waals surface area contributed by atoms with Crippen LogP contribution in [0.3, 0.4) is 0 Å². The maximum atomic E-state index is 4.24. The molecule has 0 aliphatic heterocycles. The summed E-state index contributed by atoms with van der Waals surface area (Å²) in [6.45, 7) is 4.42. The summed E-state index contributed by atoms with van der Waals surface area (Å²) in [7, 11) is 0. The molecular formula is C11H13N5. The van der Waals surface area contributed by atoms with Crippen molar-refractivity contribution in [2.45, 2.75) is 20.4 Å². The van der Waals surface area contributed by atoms with Gasteiger partial charge in [-0.2, -0.15) is 5.10 Å². The zero-order valence-corrected chi connectivity index (χ0v) is 9.31. The number of hydrogen-bond donors (Lipinski definition) is 1. The summed E-state index contributed by atoms with van der Waals surface area (Å²) >= 11 is 0. The first kappa shape index (κ1) is 10.5. The number of hydrogen-bond acceptors (Lipinski definition) is 5. The minimum absolute atomic E-state index is 0.602. The van der Waals surface area contributed by atoms with E-state index in [0.29, 0.717) is 6.54 Å². The van der Waals surface area contributed by atoms with Gasteiger partial charge in [0, 0.05) is 6.20 Å². The lowest BCUT2D eigenvalue weighted by Crippen LogP contribution is -2.04. The highest BCUT2D eigenvalue weighted by molar-refractivity contribution is 5.33. The molecule has 0 saturated carbocycles. The highest BCUT2D eigenvalue weighted by Crippen LogP contribution is 2.03. The van der Waals surface area contributed by atoms with Crippen molar-refractivity contribution in [1.29, 1.82) is 0 Å². The van der Waals surface area contributed by atoms with Gasteiger partial charge in [0.25, 0.3) is 0 Å². The van der Waals surface area contributed by atoms with Gasteiger partial charge in [-0.15, -0.1) is 5.10 Å². The molecule has 5 heteroatoms. The van der Waals surface area contributed by atoms with Crippen molar-refractivity contribution in [2.75, 3.05) is 5.32 Å². The fraction of sp³-hybridized carbons (Fsp3) is 0.273. The summed E-state index contributed by atoms with van der Waals surface area (Å²) < 4.78 is 0. The minimum Gasteiger partial charge on any atom is -0.363 e. The van der Waals surface area contributed by atoms with E-state index in [0.717, 1.165) is 22.9 Å². The summed E-state index contributed by atoms with van der Waals surface area (Å²) in [5, 5.41) is 11.1. The molecule has 0 saturated heterocycles. The Morgan fingerprint density at radius 3 is 2.50 bits per heavy atom. The number of nitrogens with one attached hydrogen (secondary N) is 1. The average Bonchev–Trinajstić information content (AvgIpc) is 2.30. The quantitative estimate of drug-likeness (QED) is 0.840. The Morgan fingerprint density at radius 2 is 1.88 bits per heavy atom. The third-order valence-corrected chi connectivity index (χ3v) is 2.08. The molecule has 2 aromatic rings. The molecule has 0 aromatic carbocycles. The van der Waals surface area contributed by atoms with E-state index in [-0.39, 0.29) is 0 Å². The number of nitrogens with zero attached hydrogens (tertiary/aromatic N) is 4. The van der Waals surface area contributed by atoms with Crippen LogP contribution in [0.2, 0.25) is 0 Å². The summed E-state index contributed by atoms with van der Waals surface area (Å²) in [4.78, 5) is 8.40. The van der Waals surface area contributed by atoms with Crippen LogP contribution in [-0.2, 0) is 6.54 Å². The molecule has 0 unspecified atom stereocenters. The molecule has 0 amide bonds. The van der Waals surface area contributed by atoms with Gasteiger partial charge in [-0.3, -0.25) is 9.97 Å². The van der Waals surface area contributed by atoms with Gasteiger partial charge in [0.05, 0.1) is 29.8 Å². The molecule has 82 valence electrons. The highest BCUT2D eigenvalue weighted by atomic mass is 15.2. The Hall–Kier alpha value is -2.04. The van der Waals surface area contributed by atoms with E-state index in [1.807, 2.05) is 26.0 Å². The van der Waals surface area contributed by atoms with Crippen LogP contribution in [-0.4, -0.2) is 20.2 Å². The van der Waals surface area contributed by atoms with Crippen molar-refractivity contribution in [3.63, 3.8) is 0 Å². The molecule has 2 heterocycles. The van der Waals surface area contributed by atoms with Crippen molar-refractivity contribution in [3.8, 4) is 0 Å². The van der Waals surface area contributed by atoms with E-state index < -0.39 is 0 Å². The summed E-state index contributed by atoms with van der Waals surface area (Å²) in [6.07, 6.45) is 3.50. The van der Waals surface area contributed by atoms with Crippen LogP contribution in [0.15, 0.2) is 24.5 Å². The second kappa shape index (κ2) is 4.65. The maximum absolute atomic E-state index is 4.24. The lowest BCUT2D eigenvalue weighted by atomic mass is 10.4. The lowest BCUT2D eigenvalue weighted by Gasteiger charge is -2.04. The first-order chi connectivity index (χ1) is 7.74. The Kier molecular flexibility index (Phi) is 3.05. The van der Waals surface area contributed by atoms with E-state index in [2.05, 4.69) is 25.5 Å². The fourth-order valence-corrected chi connectivity index (χ4v) is 1.18. The molecule has 16 heavy (non-hydrogen) atoms. The van der Waals surface area contributed by atoms with Crippen LogP contribution in [0.25, 0.3) is 0 Å². The molecule has 2 aromatic heterocycles. The van der Waals surface area contributed by atoms with Gasteiger partial charge in [-0.25, -0.2) is 0 Å². The van der Waals surface area contributed by atoms with Gasteiger partial charge >= 0.3 is 0 Å². The maximum Gasteiger partial charge on any atom is 0.148 e. The number of anilines is 1. The molecule has 0 bridgehead atoms. The third kappa shape index (κ3) is 2.73. The second-order valence-electron chi connectivity index (χ2n) is 3.56. The third-order valence-electron chi connectivity index (χ3n) is 2.08. The van der Waals surface area contributed by atoms with Crippen molar-refractivity contribution in [1.82, 2.24) is 20.2 Å². The smallest absolute Gasteiger partial charge is 0.148 e. The van der Waals surface area contributed by atoms with E-state index in [4.69, 9.17) is 0 Å². The number of aryl methyl sites for hydroxylation is 2. The van der Waals surface area contributed by atoms with Crippen LogP contribution in [0, 0.1) is 13.8 Å². The van der Waals surface area contributed by atoms with Gasteiger partial charge in [0.15, 0.2) is 0 Å². The van der Waals surface area contributed by atoms with E-state index >= 15 is 0 Å². The van der Waals surface area contributed by atoms with E-state index in [9.17, 15) is 0 Å². The molecule has 0 atom stereocenters. The van der Waals surface area contributed by atoms with Crippen LogP contribution in [0.4, 0.5) is 5.82 Å². The summed E-state index contributed by atoms with van der Waals surface area (Å²) in [5.74, 6) is 0.743. The van der Waals surface area contributed by atoms with Crippen molar-refractivity contribution in [3.05, 3.63) is 41.6 Å². The van der Waals surface area contributed by atoms with Gasteiger partial charge < -0.3 is 5.32 Å². The molecule has 5 nitrogen and oxygen atoms in total. The zero-order chi connectivity index (χ0) is 11.4. The Labute approximate surface area is 94.0 Å². The molecule has 1 N–H and O–H groups in total. The van der Waals surface area contributed by atoms with Crippen LogP contribution in [0.1, 0.15) is 17.1 Å². The topological polar surface area (TPSA) is 63.6 Å². The molecule has 0 spiro atoms. The molecule has 0 fully saturated rings. The predicted molar refractivity (Wildman–Crippen MR) is 60.9 cm³/mol. The van der Waals surface area contributed by atoms with E-state index in [1.165, 1.54) is 0 Å².